The summed E-state index contributed by atoms with van der Waals surface area (Å²) in [6, 6.07) is 13.5. The molecule has 3 N–H and O–H groups in total. The van der Waals surface area contributed by atoms with Gasteiger partial charge in [0.15, 0.2) is 0 Å². The lowest BCUT2D eigenvalue weighted by Gasteiger charge is -2.16. The van der Waals surface area contributed by atoms with E-state index in [0.29, 0.717) is 18.0 Å². The Kier molecular flexibility index (Phi) is 6.44. The van der Waals surface area contributed by atoms with Gasteiger partial charge < -0.3 is 11.1 Å². The van der Waals surface area contributed by atoms with Crippen molar-refractivity contribution in [3.05, 3.63) is 59.2 Å². The van der Waals surface area contributed by atoms with Crippen LogP contribution in [0.5, 0.6) is 0 Å². The summed E-state index contributed by atoms with van der Waals surface area (Å²) in [5, 5.41) is 3.05. The maximum absolute atomic E-state index is 12.3. The van der Waals surface area contributed by atoms with Crippen LogP contribution in [-0.2, 0) is 11.2 Å². The molecule has 118 valence electrons. The van der Waals surface area contributed by atoms with Crippen molar-refractivity contribution in [1.82, 2.24) is 0 Å². The predicted molar refractivity (Wildman–Crippen MR) is 95.7 cm³/mol. The fraction of sp³-hybridized carbons (Fsp3) is 0.278. The SMILES string of the molecule is Cc1cccc(C(C)C)c1NC(=O)Cc1ccc(N)cc1.Cl. The Morgan fingerprint density at radius 3 is 2.36 bits per heavy atom. The van der Waals surface area contributed by atoms with E-state index in [1.54, 1.807) is 0 Å². The van der Waals surface area contributed by atoms with Gasteiger partial charge in [0, 0.05) is 11.4 Å². The summed E-state index contributed by atoms with van der Waals surface area (Å²) >= 11 is 0. The molecule has 0 aliphatic heterocycles. The normalized spacial score (nSPS) is 10.2. The van der Waals surface area contributed by atoms with Gasteiger partial charge in [-0.1, -0.05) is 44.2 Å². The highest BCUT2D eigenvalue weighted by atomic mass is 35.5. The van der Waals surface area contributed by atoms with E-state index in [-0.39, 0.29) is 18.3 Å². The molecular weight excluding hydrogens is 296 g/mol. The quantitative estimate of drug-likeness (QED) is 0.826. The van der Waals surface area contributed by atoms with Gasteiger partial charge in [-0.05, 0) is 41.7 Å². The van der Waals surface area contributed by atoms with Crippen molar-refractivity contribution in [1.29, 1.82) is 0 Å². The summed E-state index contributed by atoms with van der Waals surface area (Å²) in [6.45, 7) is 6.28. The Balaban J connectivity index is 0.00000242. The number of halogens is 1. The molecule has 0 bridgehead atoms. The van der Waals surface area contributed by atoms with Crippen molar-refractivity contribution < 1.29 is 4.79 Å². The van der Waals surface area contributed by atoms with Crippen LogP contribution in [-0.4, -0.2) is 5.91 Å². The molecule has 0 fully saturated rings. The Bertz CT molecular complexity index is 636. The fourth-order valence-electron chi connectivity index (χ4n) is 2.35. The van der Waals surface area contributed by atoms with Crippen LogP contribution in [0.15, 0.2) is 42.5 Å². The molecular formula is C18H23ClN2O. The lowest BCUT2D eigenvalue weighted by molar-refractivity contribution is -0.115. The Labute approximate surface area is 138 Å². The first-order chi connectivity index (χ1) is 9.97. The van der Waals surface area contributed by atoms with Gasteiger partial charge in [0.1, 0.15) is 0 Å². The first-order valence-corrected chi connectivity index (χ1v) is 7.21. The van der Waals surface area contributed by atoms with E-state index in [2.05, 4.69) is 25.2 Å². The number of hydrogen-bond donors (Lipinski definition) is 2. The highest BCUT2D eigenvalue weighted by Gasteiger charge is 2.12. The van der Waals surface area contributed by atoms with Crippen molar-refractivity contribution in [2.45, 2.75) is 33.1 Å². The van der Waals surface area contributed by atoms with Crippen molar-refractivity contribution in [3.63, 3.8) is 0 Å². The van der Waals surface area contributed by atoms with Gasteiger partial charge in [0.05, 0.1) is 6.42 Å². The molecule has 0 saturated carbocycles. The third kappa shape index (κ3) is 4.50. The standard InChI is InChI=1S/C18H22N2O.ClH/c1-12(2)16-6-4-5-13(3)18(16)20-17(21)11-14-7-9-15(19)10-8-14;/h4-10,12H,11,19H2,1-3H3,(H,20,21);1H. The first-order valence-electron chi connectivity index (χ1n) is 7.21. The van der Waals surface area contributed by atoms with Crippen LogP contribution in [0.2, 0.25) is 0 Å². The zero-order valence-corrected chi connectivity index (χ0v) is 14.0. The Morgan fingerprint density at radius 2 is 1.77 bits per heavy atom. The van der Waals surface area contributed by atoms with Crippen LogP contribution >= 0.6 is 12.4 Å². The molecule has 0 spiro atoms. The molecule has 2 rings (SSSR count). The van der Waals surface area contributed by atoms with E-state index in [0.717, 1.165) is 16.8 Å². The Morgan fingerprint density at radius 1 is 1.14 bits per heavy atom. The second-order valence-corrected chi connectivity index (χ2v) is 5.66. The molecule has 2 aromatic carbocycles. The number of para-hydroxylation sites is 1. The minimum Gasteiger partial charge on any atom is -0.399 e. The molecule has 0 radical (unpaired) electrons. The second-order valence-electron chi connectivity index (χ2n) is 5.66. The summed E-state index contributed by atoms with van der Waals surface area (Å²) < 4.78 is 0. The Hall–Kier alpha value is -2.00. The second kappa shape index (κ2) is 7.85. The van der Waals surface area contributed by atoms with Gasteiger partial charge in [-0.15, -0.1) is 12.4 Å². The van der Waals surface area contributed by atoms with Crippen LogP contribution < -0.4 is 11.1 Å². The number of carbonyl (C=O) groups is 1. The number of nitrogen functional groups attached to an aromatic ring is 1. The monoisotopic (exact) mass is 318 g/mol. The number of benzene rings is 2. The molecule has 0 atom stereocenters. The summed E-state index contributed by atoms with van der Waals surface area (Å²) in [4.78, 5) is 12.3. The molecule has 2 aromatic rings. The molecule has 0 aromatic heterocycles. The number of aryl methyl sites for hydroxylation is 1. The average molecular weight is 319 g/mol. The molecule has 0 saturated heterocycles. The van der Waals surface area contributed by atoms with E-state index >= 15 is 0 Å². The number of amides is 1. The molecule has 0 aliphatic rings. The number of anilines is 2. The summed E-state index contributed by atoms with van der Waals surface area (Å²) in [6.07, 6.45) is 0.353. The molecule has 0 aliphatic carbocycles. The van der Waals surface area contributed by atoms with Crippen molar-refractivity contribution >= 4 is 29.7 Å². The van der Waals surface area contributed by atoms with Gasteiger partial charge in [-0.3, -0.25) is 4.79 Å². The first kappa shape index (κ1) is 18.1. The molecule has 1 amide bonds. The number of hydrogen-bond acceptors (Lipinski definition) is 2. The van der Waals surface area contributed by atoms with Crippen molar-refractivity contribution in [3.8, 4) is 0 Å². The van der Waals surface area contributed by atoms with E-state index in [4.69, 9.17) is 5.73 Å². The topological polar surface area (TPSA) is 55.1 Å². The van der Waals surface area contributed by atoms with Gasteiger partial charge >= 0.3 is 0 Å². The van der Waals surface area contributed by atoms with Crippen LogP contribution in [0.25, 0.3) is 0 Å². The van der Waals surface area contributed by atoms with Crippen LogP contribution in [0.1, 0.15) is 36.5 Å². The van der Waals surface area contributed by atoms with E-state index in [1.807, 2.05) is 43.3 Å². The third-order valence-electron chi connectivity index (χ3n) is 3.54. The van der Waals surface area contributed by atoms with Crippen molar-refractivity contribution in [2.24, 2.45) is 0 Å². The number of rotatable bonds is 4. The van der Waals surface area contributed by atoms with E-state index in [1.165, 1.54) is 5.56 Å². The fourth-order valence-corrected chi connectivity index (χ4v) is 2.35. The van der Waals surface area contributed by atoms with Gasteiger partial charge in [-0.2, -0.15) is 0 Å². The van der Waals surface area contributed by atoms with E-state index < -0.39 is 0 Å². The molecule has 3 nitrogen and oxygen atoms in total. The number of nitrogens with two attached hydrogens (primary N) is 1. The zero-order chi connectivity index (χ0) is 15.4. The highest BCUT2D eigenvalue weighted by Crippen LogP contribution is 2.27. The van der Waals surface area contributed by atoms with Crippen LogP contribution in [0.4, 0.5) is 11.4 Å². The summed E-state index contributed by atoms with van der Waals surface area (Å²) in [5.74, 6) is 0.368. The largest absolute Gasteiger partial charge is 0.399 e. The van der Waals surface area contributed by atoms with Crippen molar-refractivity contribution in [2.75, 3.05) is 11.1 Å². The average Bonchev–Trinajstić information content (AvgIpc) is 2.43. The minimum absolute atomic E-state index is 0. The van der Waals surface area contributed by atoms with Gasteiger partial charge in [-0.25, -0.2) is 0 Å². The smallest absolute Gasteiger partial charge is 0.228 e. The van der Waals surface area contributed by atoms with E-state index in [9.17, 15) is 4.79 Å². The predicted octanol–water partition coefficient (Wildman–Crippen LogP) is 4.30. The number of nitrogens with one attached hydrogen (secondary N) is 1. The van der Waals surface area contributed by atoms with Crippen LogP contribution in [0.3, 0.4) is 0 Å². The molecule has 4 heteroatoms. The maximum Gasteiger partial charge on any atom is 0.228 e. The molecule has 0 unspecified atom stereocenters. The van der Waals surface area contributed by atoms with Crippen LogP contribution in [0, 0.1) is 6.92 Å². The lowest BCUT2D eigenvalue weighted by atomic mass is 9.98. The molecule has 22 heavy (non-hydrogen) atoms. The molecule has 0 heterocycles. The summed E-state index contributed by atoms with van der Waals surface area (Å²) in [5.41, 5.74) is 10.5. The lowest BCUT2D eigenvalue weighted by Crippen LogP contribution is -2.16. The van der Waals surface area contributed by atoms with Gasteiger partial charge in [0.25, 0.3) is 0 Å². The van der Waals surface area contributed by atoms with Gasteiger partial charge in [0.2, 0.25) is 5.91 Å². The maximum atomic E-state index is 12.3. The number of carbonyl (C=O) groups excluding carboxylic acids is 1. The third-order valence-corrected chi connectivity index (χ3v) is 3.54. The summed E-state index contributed by atoms with van der Waals surface area (Å²) in [7, 11) is 0. The highest BCUT2D eigenvalue weighted by molar-refractivity contribution is 5.94. The zero-order valence-electron chi connectivity index (χ0n) is 13.2. The minimum atomic E-state index is -0.00373.